The maximum Gasteiger partial charge on any atom is 0.242 e. The summed E-state index contributed by atoms with van der Waals surface area (Å²) in [4.78, 5) is 15.5. The lowest BCUT2D eigenvalue weighted by Gasteiger charge is -2.11. The van der Waals surface area contributed by atoms with Crippen LogP contribution in [0.2, 0.25) is 0 Å². The minimum atomic E-state index is -0.727. The zero-order valence-corrected chi connectivity index (χ0v) is 8.93. The summed E-state index contributed by atoms with van der Waals surface area (Å²) in [5.74, 6) is 2.31. The van der Waals surface area contributed by atoms with Gasteiger partial charge in [0, 0.05) is 12.6 Å². The molecule has 1 amide bonds. The molecule has 5 nitrogen and oxygen atoms in total. The number of hydrogen-bond acceptors (Lipinski definition) is 4. The zero-order chi connectivity index (χ0) is 12.0. The lowest BCUT2D eigenvalue weighted by Crippen LogP contribution is -2.35. The summed E-state index contributed by atoms with van der Waals surface area (Å²) >= 11 is 0. The monoisotopic (exact) mass is 219 g/mol. The molecular weight excluding hydrogens is 206 g/mol. The second-order valence-corrected chi connectivity index (χ2v) is 3.06. The van der Waals surface area contributed by atoms with E-state index in [0.29, 0.717) is 11.6 Å². The number of hydrogen-bond donors (Lipinski definition) is 2. The van der Waals surface area contributed by atoms with E-state index < -0.39 is 6.04 Å². The van der Waals surface area contributed by atoms with Gasteiger partial charge in [-0.25, -0.2) is 4.98 Å². The van der Waals surface area contributed by atoms with Crippen molar-refractivity contribution in [2.45, 2.75) is 12.5 Å². The van der Waals surface area contributed by atoms with Gasteiger partial charge in [-0.1, -0.05) is 0 Å². The van der Waals surface area contributed by atoms with E-state index in [-0.39, 0.29) is 12.3 Å². The van der Waals surface area contributed by atoms with Gasteiger partial charge in [0.25, 0.3) is 0 Å². The van der Waals surface area contributed by atoms with Gasteiger partial charge < -0.3 is 15.8 Å². The van der Waals surface area contributed by atoms with Crippen LogP contribution in [0.15, 0.2) is 18.3 Å². The zero-order valence-electron chi connectivity index (χ0n) is 8.93. The first-order chi connectivity index (χ1) is 7.69. The number of pyridine rings is 1. The first kappa shape index (κ1) is 12.0. The predicted molar refractivity (Wildman–Crippen MR) is 60.8 cm³/mol. The average molecular weight is 219 g/mol. The summed E-state index contributed by atoms with van der Waals surface area (Å²) in [5, 5.41) is 2.60. The Morgan fingerprint density at radius 3 is 3.19 bits per heavy atom. The van der Waals surface area contributed by atoms with Gasteiger partial charge in [0.05, 0.1) is 13.2 Å². The SMILES string of the molecule is C#CCC(N)C(=O)Nc1cccnc1OC. The average Bonchev–Trinajstić information content (AvgIpc) is 2.30. The van der Waals surface area contributed by atoms with Crippen molar-refractivity contribution < 1.29 is 9.53 Å². The van der Waals surface area contributed by atoms with Crippen LogP contribution < -0.4 is 15.8 Å². The molecule has 0 aliphatic carbocycles. The fraction of sp³-hybridized carbons (Fsp3) is 0.273. The summed E-state index contributed by atoms with van der Waals surface area (Å²) < 4.78 is 4.98. The topological polar surface area (TPSA) is 77.2 Å². The number of carbonyl (C=O) groups is 1. The second kappa shape index (κ2) is 5.73. The Kier molecular flexibility index (Phi) is 4.30. The smallest absolute Gasteiger partial charge is 0.242 e. The van der Waals surface area contributed by atoms with Gasteiger partial charge >= 0.3 is 0 Å². The Morgan fingerprint density at radius 1 is 1.81 bits per heavy atom. The lowest BCUT2D eigenvalue weighted by molar-refractivity contribution is -0.117. The molecule has 1 rings (SSSR count). The highest BCUT2D eigenvalue weighted by Gasteiger charge is 2.14. The molecular formula is C11H13N3O2. The van der Waals surface area contributed by atoms with E-state index in [9.17, 15) is 4.79 Å². The Morgan fingerprint density at radius 2 is 2.56 bits per heavy atom. The first-order valence-electron chi connectivity index (χ1n) is 4.68. The minimum absolute atomic E-state index is 0.189. The molecule has 0 spiro atoms. The van der Waals surface area contributed by atoms with Crippen LogP contribution >= 0.6 is 0 Å². The second-order valence-electron chi connectivity index (χ2n) is 3.06. The van der Waals surface area contributed by atoms with Gasteiger partial charge in [0.1, 0.15) is 5.69 Å². The molecule has 0 saturated heterocycles. The number of anilines is 1. The van der Waals surface area contributed by atoms with Crippen molar-refractivity contribution in [1.82, 2.24) is 4.98 Å². The van der Waals surface area contributed by atoms with Crippen LogP contribution in [0, 0.1) is 12.3 Å². The van der Waals surface area contributed by atoms with Gasteiger partial charge in [-0.3, -0.25) is 4.79 Å². The van der Waals surface area contributed by atoms with Crippen molar-refractivity contribution in [1.29, 1.82) is 0 Å². The maximum absolute atomic E-state index is 11.6. The van der Waals surface area contributed by atoms with Crippen molar-refractivity contribution in [3.05, 3.63) is 18.3 Å². The van der Waals surface area contributed by atoms with Gasteiger partial charge in [-0.2, -0.15) is 0 Å². The predicted octanol–water partition coefficient (Wildman–Crippen LogP) is 0.379. The Hall–Kier alpha value is -2.06. The van der Waals surface area contributed by atoms with Crippen molar-refractivity contribution in [2.24, 2.45) is 5.73 Å². The molecule has 0 aromatic carbocycles. The highest BCUT2D eigenvalue weighted by Crippen LogP contribution is 2.19. The van der Waals surface area contributed by atoms with E-state index in [4.69, 9.17) is 16.9 Å². The number of nitrogens with zero attached hydrogens (tertiary/aromatic N) is 1. The molecule has 16 heavy (non-hydrogen) atoms. The summed E-state index contributed by atoms with van der Waals surface area (Å²) in [6, 6.07) is 2.63. The molecule has 84 valence electrons. The third-order valence-electron chi connectivity index (χ3n) is 1.90. The van der Waals surface area contributed by atoms with Crippen molar-refractivity contribution in [3.8, 4) is 18.2 Å². The van der Waals surface area contributed by atoms with E-state index in [0.717, 1.165) is 0 Å². The number of terminal acetylenes is 1. The number of nitrogens with two attached hydrogens (primary N) is 1. The van der Waals surface area contributed by atoms with Crippen molar-refractivity contribution in [2.75, 3.05) is 12.4 Å². The Bertz CT molecular complexity index is 412. The standard InChI is InChI=1S/C11H13N3O2/c1-3-5-8(12)10(15)14-9-6-4-7-13-11(9)16-2/h1,4,6-8H,5,12H2,2H3,(H,14,15). The number of amides is 1. The summed E-state index contributed by atoms with van der Waals surface area (Å²) in [7, 11) is 1.47. The van der Waals surface area contributed by atoms with Crippen molar-refractivity contribution in [3.63, 3.8) is 0 Å². The maximum atomic E-state index is 11.6. The summed E-state index contributed by atoms with van der Waals surface area (Å²) in [5.41, 5.74) is 6.03. The lowest BCUT2D eigenvalue weighted by atomic mass is 10.2. The molecule has 1 aromatic rings. The molecule has 0 saturated carbocycles. The van der Waals surface area contributed by atoms with Gasteiger partial charge in [-0.05, 0) is 12.1 Å². The minimum Gasteiger partial charge on any atom is -0.480 e. The third kappa shape index (κ3) is 2.97. The van der Waals surface area contributed by atoms with Gasteiger partial charge in [0.2, 0.25) is 11.8 Å². The van der Waals surface area contributed by atoms with Crippen LogP contribution in [0.1, 0.15) is 6.42 Å². The fourth-order valence-electron chi connectivity index (χ4n) is 1.09. The molecule has 0 bridgehead atoms. The van der Waals surface area contributed by atoms with Crippen LogP contribution in [0.4, 0.5) is 5.69 Å². The summed E-state index contributed by atoms with van der Waals surface area (Å²) in [6.45, 7) is 0. The molecule has 0 radical (unpaired) electrons. The molecule has 1 aromatic heterocycles. The van der Waals surface area contributed by atoms with Gasteiger partial charge in [-0.15, -0.1) is 12.3 Å². The first-order valence-corrected chi connectivity index (χ1v) is 4.68. The number of ether oxygens (including phenoxy) is 1. The van der Waals surface area contributed by atoms with Crippen LogP contribution in [0.25, 0.3) is 0 Å². The van der Waals surface area contributed by atoms with Crippen LogP contribution in [-0.4, -0.2) is 24.0 Å². The molecule has 3 N–H and O–H groups in total. The Balaban J connectivity index is 2.73. The van der Waals surface area contributed by atoms with E-state index in [2.05, 4.69) is 16.2 Å². The molecule has 1 heterocycles. The molecule has 0 fully saturated rings. The van der Waals surface area contributed by atoms with E-state index in [1.165, 1.54) is 7.11 Å². The number of carbonyl (C=O) groups excluding carboxylic acids is 1. The van der Waals surface area contributed by atoms with E-state index in [1.54, 1.807) is 18.3 Å². The number of aromatic nitrogens is 1. The highest BCUT2D eigenvalue weighted by atomic mass is 16.5. The molecule has 1 unspecified atom stereocenters. The molecule has 5 heteroatoms. The summed E-state index contributed by atoms with van der Waals surface area (Å²) in [6.07, 6.45) is 6.82. The largest absolute Gasteiger partial charge is 0.480 e. The highest BCUT2D eigenvalue weighted by molar-refractivity contribution is 5.95. The van der Waals surface area contributed by atoms with E-state index in [1.807, 2.05) is 0 Å². The van der Waals surface area contributed by atoms with Crippen LogP contribution in [-0.2, 0) is 4.79 Å². The van der Waals surface area contributed by atoms with Gasteiger partial charge in [0.15, 0.2) is 0 Å². The normalized spacial score (nSPS) is 11.3. The van der Waals surface area contributed by atoms with Crippen LogP contribution in [0.3, 0.4) is 0 Å². The quantitative estimate of drug-likeness (QED) is 0.718. The molecule has 0 aliphatic rings. The number of methoxy groups -OCH3 is 1. The van der Waals surface area contributed by atoms with E-state index >= 15 is 0 Å². The third-order valence-corrected chi connectivity index (χ3v) is 1.90. The fourth-order valence-corrected chi connectivity index (χ4v) is 1.09. The molecule has 0 aliphatic heterocycles. The number of rotatable bonds is 4. The molecule has 1 atom stereocenters. The van der Waals surface area contributed by atoms with Crippen LogP contribution in [0.5, 0.6) is 5.88 Å². The van der Waals surface area contributed by atoms with Crippen molar-refractivity contribution >= 4 is 11.6 Å². The Labute approximate surface area is 94.0 Å². The number of nitrogens with one attached hydrogen (secondary N) is 1.